The molecule has 0 fully saturated rings. The van der Waals surface area contributed by atoms with E-state index in [1.54, 1.807) is 0 Å². The van der Waals surface area contributed by atoms with Crippen LogP contribution in [0.5, 0.6) is 0 Å². The number of anilines is 1. The van der Waals surface area contributed by atoms with Crippen molar-refractivity contribution in [1.82, 2.24) is 10.2 Å². The third kappa shape index (κ3) is 8.27. The predicted molar refractivity (Wildman–Crippen MR) is 127 cm³/mol. The molecule has 0 saturated heterocycles. The Balaban J connectivity index is 1.79. The van der Waals surface area contributed by atoms with E-state index in [1.165, 1.54) is 23.1 Å². The molecule has 3 rings (SSSR count). The lowest BCUT2D eigenvalue weighted by Crippen LogP contribution is -2.26. The second-order valence-electron chi connectivity index (χ2n) is 7.94. The molecule has 14 heteroatoms. The van der Waals surface area contributed by atoms with E-state index in [2.05, 4.69) is 10.6 Å². The van der Waals surface area contributed by atoms with E-state index < -0.39 is 55.7 Å². The molecule has 202 valence electrons. The molecule has 0 aliphatic rings. The van der Waals surface area contributed by atoms with Gasteiger partial charge in [-0.1, -0.05) is 6.07 Å². The molecule has 0 spiro atoms. The van der Waals surface area contributed by atoms with E-state index >= 15 is 0 Å². The molecule has 0 unspecified atom stereocenters. The van der Waals surface area contributed by atoms with Crippen LogP contribution < -0.4 is 10.6 Å². The summed E-state index contributed by atoms with van der Waals surface area (Å²) in [5.41, 5.74) is 0.236. The average molecular weight is 557 g/mol. The van der Waals surface area contributed by atoms with E-state index in [9.17, 15) is 31.5 Å². The molecule has 0 bridgehead atoms. The summed E-state index contributed by atoms with van der Waals surface area (Å²) < 4.78 is 72.9. The number of carbonyl (C=O) groups excluding carboxylic acids is 2. The minimum atomic E-state index is -2.74. The Bertz CT molecular complexity index is 1270. The van der Waals surface area contributed by atoms with Crippen LogP contribution in [0.3, 0.4) is 0 Å². The van der Waals surface area contributed by atoms with Crippen LogP contribution in [0.25, 0.3) is 0 Å². The summed E-state index contributed by atoms with van der Waals surface area (Å²) in [4.78, 5) is 43.4. The predicted octanol–water partition coefficient (Wildman–Crippen LogP) is 4.07. The summed E-state index contributed by atoms with van der Waals surface area (Å²) in [5, 5.41) is 4.73. The number of hydrogen-bond acceptors (Lipinski definition) is 6. The molecule has 0 saturated carbocycles. The summed E-state index contributed by atoms with van der Waals surface area (Å²) in [5.74, 6) is -5.83. The van der Waals surface area contributed by atoms with Gasteiger partial charge in [0.15, 0.2) is 0 Å². The van der Waals surface area contributed by atoms with Gasteiger partial charge in [-0.05, 0) is 35.4 Å². The monoisotopic (exact) mass is 557 g/mol. The molecule has 0 aliphatic heterocycles. The van der Waals surface area contributed by atoms with Crippen LogP contribution in [0, 0.1) is 29.1 Å². The molecule has 0 radical (unpaired) electrons. The van der Waals surface area contributed by atoms with E-state index in [4.69, 9.17) is 14.3 Å². The van der Waals surface area contributed by atoms with Gasteiger partial charge in [0, 0.05) is 54.6 Å². The molecular weight excluding hydrogens is 536 g/mol. The van der Waals surface area contributed by atoms with E-state index in [-0.39, 0.29) is 36.6 Å². The van der Waals surface area contributed by atoms with Crippen LogP contribution in [0.15, 0.2) is 48.5 Å². The lowest BCUT2D eigenvalue weighted by Gasteiger charge is -2.24. The smallest absolute Gasteiger partial charge is 0.328 e. The van der Waals surface area contributed by atoms with Crippen molar-refractivity contribution in [3.05, 3.63) is 99.9 Å². The summed E-state index contributed by atoms with van der Waals surface area (Å²) in [6.07, 6.45) is 0.341. The summed E-state index contributed by atoms with van der Waals surface area (Å²) in [6, 6.07) is 7.90. The van der Waals surface area contributed by atoms with Crippen molar-refractivity contribution in [3.63, 3.8) is 0 Å². The Morgan fingerprint density at radius 1 is 0.921 bits per heavy atom. The van der Waals surface area contributed by atoms with Crippen molar-refractivity contribution in [2.45, 2.75) is 19.6 Å². The van der Waals surface area contributed by atoms with Crippen molar-refractivity contribution in [2.24, 2.45) is 0 Å². The van der Waals surface area contributed by atoms with Crippen LogP contribution in [-0.2, 0) is 29.0 Å². The Kier molecular flexibility index (Phi) is 10.2. The van der Waals surface area contributed by atoms with Gasteiger partial charge in [0.05, 0.1) is 0 Å². The van der Waals surface area contributed by atoms with Crippen molar-refractivity contribution in [1.29, 1.82) is 0 Å². The maximum Gasteiger partial charge on any atom is 0.328 e. The van der Waals surface area contributed by atoms with Crippen molar-refractivity contribution < 1.29 is 45.9 Å². The molecule has 2 amide bonds. The fraction of sp³-hybridized carbons (Fsp3) is 0.167. The van der Waals surface area contributed by atoms with Crippen LogP contribution in [0.2, 0.25) is 0 Å². The number of amides is 2. The first kappa shape index (κ1) is 29.1. The average Bonchev–Trinajstić information content (AvgIpc) is 2.82. The molecular formula is C24H21F5N3O5P. The summed E-state index contributed by atoms with van der Waals surface area (Å²) >= 11 is 0. The number of carbonyl (C=O) groups is 2. The van der Waals surface area contributed by atoms with E-state index in [1.807, 2.05) is 0 Å². The minimum absolute atomic E-state index is 0.00488. The number of nitrogens with zero attached hydrogens (tertiary/aromatic N) is 1. The highest BCUT2D eigenvalue weighted by molar-refractivity contribution is 7.39. The first-order valence-corrected chi connectivity index (χ1v) is 11.9. The first-order chi connectivity index (χ1) is 18.0. The Hall–Kier alpha value is -3.48. The van der Waals surface area contributed by atoms with Crippen molar-refractivity contribution >= 4 is 26.6 Å². The second-order valence-corrected chi connectivity index (χ2v) is 8.70. The molecule has 8 nitrogen and oxygen atoms in total. The third-order valence-corrected chi connectivity index (χ3v) is 5.54. The molecule has 4 N–H and O–H groups in total. The van der Waals surface area contributed by atoms with Gasteiger partial charge in [-0.15, -0.1) is 0 Å². The van der Waals surface area contributed by atoms with Gasteiger partial charge in [-0.3, -0.25) is 19.0 Å². The molecule has 3 aromatic carbocycles. The Labute approximate surface area is 214 Å². The summed E-state index contributed by atoms with van der Waals surface area (Å²) in [6.45, 7) is -1.06. The van der Waals surface area contributed by atoms with Crippen molar-refractivity contribution in [2.75, 3.05) is 12.0 Å². The lowest BCUT2D eigenvalue weighted by molar-refractivity contribution is -0.105. The highest BCUT2D eigenvalue weighted by Crippen LogP contribution is 2.27. The number of benzene rings is 3. The highest BCUT2D eigenvalue weighted by atomic mass is 31.2. The largest absolute Gasteiger partial charge is 0.348 e. The molecule has 0 atom stereocenters. The van der Waals surface area contributed by atoms with E-state index in [0.717, 1.165) is 12.1 Å². The fourth-order valence-corrected chi connectivity index (χ4v) is 3.81. The first-order valence-electron chi connectivity index (χ1n) is 10.8. The van der Waals surface area contributed by atoms with Crippen LogP contribution in [0.4, 0.5) is 27.6 Å². The number of rotatable bonds is 12. The van der Waals surface area contributed by atoms with Gasteiger partial charge in [0.25, 0.3) is 5.91 Å². The maximum absolute atomic E-state index is 13.8. The molecule has 0 heterocycles. The molecule has 3 aromatic rings. The van der Waals surface area contributed by atoms with Crippen LogP contribution in [-0.4, -0.2) is 33.7 Å². The van der Waals surface area contributed by atoms with Gasteiger partial charge in [0.2, 0.25) is 6.41 Å². The molecule has 0 aliphatic carbocycles. The fourth-order valence-electron chi connectivity index (χ4n) is 3.55. The quantitative estimate of drug-likeness (QED) is 0.116. The maximum atomic E-state index is 13.8. The highest BCUT2D eigenvalue weighted by Gasteiger charge is 2.17. The normalized spacial score (nSPS) is 11.2. The lowest BCUT2D eigenvalue weighted by atomic mass is 10.1. The second kappa shape index (κ2) is 13.4. The third-order valence-electron chi connectivity index (χ3n) is 5.20. The van der Waals surface area contributed by atoms with Gasteiger partial charge >= 0.3 is 8.60 Å². The summed E-state index contributed by atoms with van der Waals surface area (Å²) in [7, 11) is -2.74. The topological polar surface area (TPSA) is 111 Å². The van der Waals surface area contributed by atoms with Crippen LogP contribution >= 0.6 is 8.60 Å². The number of halogens is 5. The van der Waals surface area contributed by atoms with Crippen LogP contribution in [0.1, 0.15) is 27.0 Å². The standard InChI is InChI=1S/C24H21F5N3O5P/c25-17-3-14(4-18(26)6-17)10-32(13-37-38(35)36)11-16-2-1-15(5-23(16)31-12-33)24(34)30-9-20-21(28)7-19(27)8-22(20)29/h1-8,12,35-36H,9-11,13H2,(H,30,34)(H,31,33). The molecule has 0 aromatic heterocycles. The van der Waals surface area contributed by atoms with Crippen molar-refractivity contribution in [3.8, 4) is 0 Å². The van der Waals surface area contributed by atoms with Gasteiger partial charge < -0.3 is 20.4 Å². The zero-order chi connectivity index (χ0) is 27.8. The zero-order valence-electron chi connectivity index (χ0n) is 19.4. The Morgan fingerprint density at radius 2 is 1.55 bits per heavy atom. The van der Waals surface area contributed by atoms with Gasteiger partial charge in [-0.2, -0.15) is 0 Å². The van der Waals surface area contributed by atoms with E-state index in [0.29, 0.717) is 30.2 Å². The zero-order valence-corrected chi connectivity index (χ0v) is 20.3. The van der Waals surface area contributed by atoms with Gasteiger partial charge in [0.1, 0.15) is 35.8 Å². The Morgan fingerprint density at radius 3 is 2.16 bits per heavy atom. The minimum Gasteiger partial charge on any atom is -0.348 e. The number of nitrogens with one attached hydrogen (secondary N) is 2. The molecule has 38 heavy (non-hydrogen) atoms. The SMILES string of the molecule is O=CNc1cc(C(=O)NCc2c(F)cc(F)cc2F)ccc1CN(COP(O)O)Cc1cc(F)cc(F)c1. The number of hydrogen-bond donors (Lipinski definition) is 4. The van der Waals surface area contributed by atoms with Gasteiger partial charge in [-0.25, -0.2) is 22.0 Å².